The lowest BCUT2D eigenvalue weighted by Crippen LogP contribution is -2.56. The second kappa shape index (κ2) is 8.29. The van der Waals surface area contributed by atoms with Crippen LogP contribution in [0.15, 0.2) is 54.6 Å². The fourth-order valence-electron chi connectivity index (χ4n) is 6.43. The molecule has 1 saturated heterocycles. The predicted molar refractivity (Wildman–Crippen MR) is 134 cm³/mol. The lowest BCUT2D eigenvalue weighted by Gasteiger charge is -2.37. The van der Waals surface area contributed by atoms with E-state index in [0.29, 0.717) is 17.4 Å². The average molecular weight is 523 g/mol. The number of Topliss-reactive ketones (excluding diaryl/α,β-unsaturated/α-hetero) is 1. The molecule has 7 atom stereocenters. The SMILES string of the molecule is Cc1ccc(C(=O)[C@H](C)N(C(=O)c2ccc(Cl)c(Cl)c2)N2C(=O)[C@@H]3[C@H]4C=C[C@@H]([C@@H]5C[C@H]45)[C@@H]3C2=O)cc1. The standard InChI is InChI=1S/C28H24Cl2N2O4/c1-13-3-5-15(6-4-13)25(33)14(2)31(26(34)16-7-10-21(29)22(30)11-16)32-27(35)23-17-8-9-18(20-12-19(17)20)24(23)28(32)36/h3-11,14,17-20,23-24H,12H2,1-2H3/t14-,17-,18-,19-,20+,23-,24+/m0/s1. The summed E-state index contributed by atoms with van der Waals surface area (Å²) in [5.41, 5.74) is 1.50. The molecule has 2 saturated carbocycles. The van der Waals surface area contributed by atoms with Crippen LogP contribution in [0.5, 0.6) is 0 Å². The fraction of sp³-hybridized carbons (Fsp3) is 0.357. The summed E-state index contributed by atoms with van der Waals surface area (Å²) < 4.78 is 0. The normalized spacial score (nSPS) is 30.2. The molecule has 8 heteroatoms. The van der Waals surface area contributed by atoms with Gasteiger partial charge in [-0.3, -0.25) is 19.2 Å². The van der Waals surface area contributed by atoms with Gasteiger partial charge < -0.3 is 0 Å². The lowest BCUT2D eigenvalue weighted by atomic mass is 9.63. The molecule has 6 nitrogen and oxygen atoms in total. The number of ketones is 1. The number of imide groups is 1. The Hall–Kier alpha value is -2.96. The molecule has 3 fully saturated rings. The Morgan fingerprint density at radius 1 is 0.889 bits per heavy atom. The highest BCUT2D eigenvalue weighted by molar-refractivity contribution is 6.42. The summed E-state index contributed by atoms with van der Waals surface area (Å²) in [7, 11) is 0. The molecule has 0 radical (unpaired) electrons. The summed E-state index contributed by atoms with van der Waals surface area (Å²) >= 11 is 12.2. The van der Waals surface area contributed by atoms with Crippen molar-refractivity contribution in [3.05, 3.63) is 81.4 Å². The van der Waals surface area contributed by atoms with Crippen LogP contribution in [-0.4, -0.2) is 39.6 Å². The van der Waals surface area contributed by atoms with E-state index in [1.54, 1.807) is 31.2 Å². The third-order valence-corrected chi connectivity index (χ3v) is 9.05. The van der Waals surface area contributed by atoms with Gasteiger partial charge in [-0.15, -0.1) is 0 Å². The number of hydrazine groups is 1. The molecule has 4 aliphatic carbocycles. The zero-order chi connectivity index (χ0) is 25.5. The summed E-state index contributed by atoms with van der Waals surface area (Å²) in [4.78, 5) is 55.1. The third-order valence-electron chi connectivity index (χ3n) is 8.31. The molecule has 0 unspecified atom stereocenters. The summed E-state index contributed by atoms with van der Waals surface area (Å²) in [5, 5.41) is 2.42. The molecule has 3 amide bonds. The first-order valence-electron chi connectivity index (χ1n) is 12.1. The smallest absolute Gasteiger partial charge is 0.273 e. The van der Waals surface area contributed by atoms with Crippen molar-refractivity contribution in [1.82, 2.24) is 10.0 Å². The Labute approximate surface area is 218 Å². The van der Waals surface area contributed by atoms with Gasteiger partial charge in [0.15, 0.2) is 5.78 Å². The van der Waals surface area contributed by atoms with Crippen molar-refractivity contribution >= 4 is 46.7 Å². The molecule has 2 aromatic carbocycles. The fourth-order valence-corrected chi connectivity index (χ4v) is 6.72. The highest BCUT2D eigenvalue weighted by Gasteiger charge is 2.68. The molecule has 5 aliphatic rings. The maximum Gasteiger partial charge on any atom is 0.273 e. The predicted octanol–water partition coefficient (Wildman–Crippen LogP) is 4.98. The molecule has 1 aliphatic heterocycles. The molecule has 36 heavy (non-hydrogen) atoms. The first-order chi connectivity index (χ1) is 17.2. The second-order valence-corrected chi connectivity index (χ2v) is 11.1. The molecule has 2 bridgehead atoms. The Morgan fingerprint density at radius 2 is 1.44 bits per heavy atom. The number of halogens is 2. The second-order valence-electron chi connectivity index (χ2n) is 10.3. The Bertz CT molecular complexity index is 1320. The van der Waals surface area contributed by atoms with Crippen LogP contribution in [0, 0.1) is 42.4 Å². The lowest BCUT2D eigenvalue weighted by molar-refractivity contribution is -0.156. The van der Waals surface area contributed by atoms with Crippen LogP contribution in [-0.2, 0) is 9.59 Å². The minimum absolute atomic E-state index is 0.00326. The van der Waals surface area contributed by atoms with Gasteiger partial charge in [-0.2, -0.15) is 5.01 Å². The summed E-state index contributed by atoms with van der Waals surface area (Å²) in [6.45, 7) is 3.46. The van der Waals surface area contributed by atoms with Crippen LogP contribution in [0.2, 0.25) is 10.0 Å². The van der Waals surface area contributed by atoms with Crippen LogP contribution < -0.4 is 0 Å². The van der Waals surface area contributed by atoms with Crippen LogP contribution in [0.4, 0.5) is 0 Å². The average Bonchev–Trinajstić information content (AvgIpc) is 3.65. The van der Waals surface area contributed by atoms with E-state index in [0.717, 1.165) is 22.0 Å². The molecule has 0 spiro atoms. The highest BCUT2D eigenvalue weighted by Crippen LogP contribution is 2.65. The number of hydrogen-bond donors (Lipinski definition) is 0. The van der Waals surface area contributed by atoms with Gasteiger partial charge >= 0.3 is 0 Å². The quantitative estimate of drug-likeness (QED) is 0.315. The number of benzene rings is 2. The molecule has 0 aromatic heterocycles. The first-order valence-corrected chi connectivity index (χ1v) is 12.9. The van der Waals surface area contributed by atoms with Crippen molar-refractivity contribution < 1.29 is 19.2 Å². The van der Waals surface area contributed by atoms with Gasteiger partial charge in [-0.05, 0) is 62.1 Å². The van der Waals surface area contributed by atoms with Crippen molar-refractivity contribution in [2.75, 3.05) is 0 Å². The Morgan fingerprint density at radius 3 is 2.00 bits per heavy atom. The van der Waals surface area contributed by atoms with Crippen LogP contribution in [0.25, 0.3) is 0 Å². The van der Waals surface area contributed by atoms with Gasteiger partial charge in [-0.25, -0.2) is 5.01 Å². The van der Waals surface area contributed by atoms with E-state index in [4.69, 9.17) is 23.2 Å². The molecular weight excluding hydrogens is 499 g/mol. The van der Waals surface area contributed by atoms with Gasteiger partial charge in [0.1, 0.15) is 6.04 Å². The molecule has 1 heterocycles. The van der Waals surface area contributed by atoms with E-state index in [1.165, 1.54) is 18.2 Å². The minimum Gasteiger partial charge on any atom is -0.292 e. The number of aryl methyl sites for hydroxylation is 1. The minimum atomic E-state index is -1.11. The van der Waals surface area contributed by atoms with Crippen LogP contribution in [0.3, 0.4) is 0 Å². The molecule has 2 aromatic rings. The number of hydrogen-bond acceptors (Lipinski definition) is 4. The largest absolute Gasteiger partial charge is 0.292 e. The summed E-state index contributed by atoms with van der Waals surface area (Å²) in [6.07, 6.45) is 5.17. The van der Waals surface area contributed by atoms with E-state index >= 15 is 0 Å². The molecule has 0 N–H and O–H groups in total. The van der Waals surface area contributed by atoms with Crippen LogP contribution in [0.1, 0.15) is 39.6 Å². The number of carbonyl (C=O) groups is 4. The maximum absolute atomic E-state index is 13.9. The summed E-state index contributed by atoms with van der Waals surface area (Å²) in [6, 6.07) is 10.2. The van der Waals surface area contributed by atoms with E-state index < -0.39 is 35.6 Å². The Kier molecular flexibility index (Phi) is 5.39. The van der Waals surface area contributed by atoms with E-state index in [1.807, 2.05) is 6.92 Å². The van der Waals surface area contributed by atoms with Crippen molar-refractivity contribution in [1.29, 1.82) is 0 Å². The number of nitrogens with zero attached hydrogens (tertiary/aromatic N) is 2. The maximum atomic E-state index is 13.9. The zero-order valence-corrected chi connectivity index (χ0v) is 21.2. The van der Waals surface area contributed by atoms with Gasteiger partial charge in [0.2, 0.25) is 0 Å². The molecule has 184 valence electrons. The summed E-state index contributed by atoms with van der Waals surface area (Å²) in [5.74, 6) is -2.02. The monoisotopic (exact) mass is 522 g/mol. The number of amides is 3. The van der Waals surface area contributed by atoms with Crippen molar-refractivity contribution in [2.24, 2.45) is 35.5 Å². The van der Waals surface area contributed by atoms with Gasteiger partial charge in [0.05, 0.1) is 21.9 Å². The Balaban J connectivity index is 1.41. The van der Waals surface area contributed by atoms with E-state index in [2.05, 4.69) is 12.2 Å². The van der Waals surface area contributed by atoms with E-state index in [9.17, 15) is 19.2 Å². The van der Waals surface area contributed by atoms with Gasteiger partial charge in [0, 0.05) is 11.1 Å². The molecule has 7 rings (SSSR count). The van der Waals surface area contributed by atoms with Crippen LogP contribution >= 0.6 is 23.2 Å². The van der Waals surface area contributed by atoms with E-state index in [-0.39, 0.29) is 33.2 Å². The molecular formula is C28H24Cl2N2O4. The first kappa shape index (κ1) is 23.4. The number of allylic oxidation sites excluding steroid dienone is 2. The van der Waals surface area contributed by atoms with Crippen molar-refractivity contribution in [3.8, 4) is 0 Å². The third kappa shape index (κ3) is 3.38. The number of carbonyl (C=O) groups excluding carboxylic acids is 4. The highest BCUT2D eigenvalue weighted by atomic mass is 35.5. The number of rotatable bonds is 5. The van der Waals surface area contributed by atoms with Crippen molar-refractivity contribution in [3.63, 3.8) is 0 Å². The zero-order valence-electron chi connectivity index (χ0n) is 19.7. The van der Waals surface area contributed by atoms with Gasteiger partial charge in [0.25, 0.3) is 17.7 Å². The topological polar surface area (TPSA) is 74.8 Å². The van der Waals surface area contributed by atoms with Crippen molar-refractivity contribution in [2.45, 2.75) is 26.3 Å². The van der Waals surface area contributed by atoms with Gasteiger partial charge in [-0.1, -0.05) is 65.2 Å².